The van der Waals surface area contributed by atoms with Crippen molar-refractivity contribution in [3.05, 3.63) is 48.1 Å². The Balaban J connectivity index is 2.13. The van der Waals surface area contributed by atoms with Gasteiger partial charge in [-0.3, -0.25) is 4.79 Å². The number of rotatable bonds is 4. The van der Waals surface area contributed by atoms with Gasteiger partial charge in [-0.1, -0.05) is 24.3 Å². The van der Waals surface area contributed by atoms with Crippen LogP contribution >= 0.6 is 0 Å². The summed E-state index contributed by atoms with van der Waals surface area (Å²) in [6.07, 6.45) is 6.92. The van der Waals surface area contributed by atoms with E-state index in [1.807, 2.05) is 51.1 Å². The molecule has 4 heteroatoms. The van der Waals surface area contributed by atoms with Crippen molar-refractivity contribution >= 4 is 5.91 Å². The highest BCUT2D eigenvalue weighted by Crippen LogP contribution is 2.34. The monoisotopic (exact) mass is 287 g/mol. The minimum Gasteiger partial charge on any atom is -0.486 e. The number of carbonyl (C=O) groups excluding carboxylic acids is 1. The van der Waals surface area contributed by atoms with Gasteiger partial charge in [-0.25, -0.2) is 0 Å². The minimum atomic E-state index is -0.493. The molecule has 0 aromatic heterocycles. The third-order valence-corrected chi connectivity index (χ3v) is 3.25. The molecule has 1 aliphatic heterocycles. The molecule has 0 saturated heterocycles. The smallest absolute Gasteiger partial charge is 0.244 e. The van der Waals surface area contributed by atoms with Gasteiger partial charge in [0.15, 0.2) is 11.5 Å². The summed E-state index contributed by atoms with van der Waals surface area (Å²) in [6, 6.07) is 5.75. The third kappa shape index (κ3) is 3.88. The number of nitrogens with one attached hydrogen (secondary N) is 1. The summed E-state index contributed by atoms with van der Waals surface area (Å²) in [4.78, 5) is 11.9. The molecule has 1 N–H and O–H groups in total. The molecule has 0 unspecified atom stereocenters. The highest BCUT2D eigenvalue weighted by Gasteiger charge is 2.24. The van der Waals surface area contributed by atoms with Crippen LogP contribution in [-0.2, 0) is 10.3 Å². The van der Waals surface area contributed by atoms with Gasteiger partial charge in [0.05, 0.1) is 5.54 Å². The van der Waals surface area contributed by atoms with Gasteiger partial charge < -0.3 is 14.8 Å². The molecular formula is C17H21NO3. The first-order valence-electron chi connectivity index (χ1n) is 7.04. The predicted octanol–water partition coefficient (Wildman–Crippen LogP) is 2.94. The van der Waals surface area contributed by atoms with Gasteiger partial charge in [-0.15, -0.1) is 0 Å². The zero-order valence-corrected chi connectivity index (χ0v) is 12.7. The summed E-state index contributed by atoms with van der Waals surface area (Å²) in [7, 11) is 0. The van der Waals surface area contributed by atoms with Crippen LogP contribution in [0.15, 0.2) is 42.5 Å². The Morgan fingerprint density at radius 3 is 2.62 bits per heavy atom. The van der Waals surface area contributed by atoms with E-state index in [0.717, 1.165) is 17.1 Å². The van der Waals surface area contributed by atoms with Crippen molar-refractivity contribution in [2.75, 3.05) is 13.2 Å². The maximum Gasteiger partial charge on any atom is 0.244 e. The Hall–Kier alpha value is -2.23. The van der Waals surface area contributed by atoms with Gasteiger partial charge in [0.1, 0.15) is 13.2 Å². The normalized spacial score (nSPS) is 14.6. The van der Waals surface area contributed by atoms with Crippen LogP contribution in [0.3, 0.4) is 0 Å². The van der Waals surface area contributed by atoms with E-state index in [9.17, 15) is 4.79 Å². The predicted molar refractivity (Wildman–Crippen MR) is 82.6 cm³/mol. The molecule has 21 heavy (non-hydrogen) atoms. The molecule has 1 aliphatic rings. The van der Waals surface area contributed by atoms with Crippen molar-refractivity contribution in [3.63, 3.8) is 0 Å². The average molecular weight is 287 g/mol. The van der Waals surface area contributed by atoms with E-state index in [-0.39, 0.29) is 5.91 Å². The summed E-state index contributed by atoms with van der Waals surface area (Å²) in [5, 5.41) is 2.98. The molecule has 1 heterocycles. The third-order valence-electron chi connectivity index (χ3n) is 3.25. The van der Waals surface area contributed by atoms with Gasteiger partial charge in [-0.2, -0.15) is 0 Å². The largest absolute Gasteiger partial charge is 0.486 e. The van der Waals surface area contributed by atoms with Crippen molar-refractivity contribution in [3.8, 4) is 11.5 Å². The zero-order chi connectivity index (χ0) is 15.3. The molecule has 0 radical (unpaired) electrons. The Bertz CT molecular complexity index is 573. The highest BCUT2D eigenvalue weighted by atomic mass is 16.6. The lowest BCUT2D eigenvalue weighted by Gasteiger charge is -2.28. The molecule has 1 aromatic rings. The summed E-state index contributed by atoms with van der Waals surface area (Å²) in [5.41, 5.74) is 0.479. The number of ether oxygens (including phenoxy) is 2. The van der Waals surface area contributed by atoms with Crippen molar-refractivity contribution < 1.29 is 14.3 Å². The van der Waals surface area contributed by atoms with E-state index in [4.69, 9.17) is 9.47 Å². The van der Waals surface area contributed by atoms with Crippen LogP contribution in [0.5, 0.6) is 11.5 Å². The Kier molecular flexibility index (Phi) is 4.68. The van der Waals surface area contributed by atoms with E-state index in [0.29, 0.717) is 13.2 Å². The van der Waals surface area contributed by atoms with Gasteiger partial charge in [0.2, 0.25) is 5.91 Å². The number of benzene rings is 1. The van der Waals surface area contributed by atoms with E-state index in [1.54, 1.807) is 6.08 Å². The van der Waals surface area contributed by atoms with Gasteiger partial charge in [0, 0.05) is 6.08 Å². The van der Waals surface area contributed by atoms with E-state index in [2.05, 4.69) is 5.32 Å². The first-order valence-corrected chi connectivity index (χ1v) is 7.04. The summed E-state index contributed by atoms with van der Waals surface area (Å²) in [6.45, 7) is 6.94. The van der Waals surface area contributed by atoms with Crippen LogP contribution in [-0.4, -0.2) is 19.1 Å². The van der Waals surface area contributed by atoms with Crippen LogP contribution in [0, 0.1) is 0 Å². The van der Waals surface area contributed by atoms with E-state index >= 15 is 0 Å². The zero-order valence-electron chi connectivity index (χ0n) is 12.7. The van der Waals surface area contributed by atoms with Crippen LogP contribution in [0.2, 0.25) is 0 Å². The van der Waals surface area contributed by atoms with Crippen LogP contribution in [0.1, 0.15) is 26.3 Å². The van der Waals surface area contributed by atoms with Gasteiger partial charge in [0.25, 0.3) is 0 Å². The Morgan fingerprint density at radius 1 is 1.19 bits per heavy atom. The van der Waals surface area contributed by atoms with Crippen LogP contribution < -0.4 is 14.8 Å². The number of carbonyl (C=O) groups is 1. The number of fused-ring (bicyclic) bond motifs is 1. The lowest BCUT2D eigenvalue weighted by Crippen LogP contribution is -2.40. The first kappa shape index (κ1) is 15.2. The molecule has 1 amide bonds. The fourth-order valence-corrected chi connectivity index (χ4v) is 2.11. The second kappa shape index (κ2) is 6.48. The van der Waals surface area contributed by atoms with Gasteiger partial charge in [-0.05, 0) is 38.5 Å². The first-order chi connectivity index (χ1) is 10.0. The lowest BCUT2D eigenvalue weighted by molar-refractivity contribution is -0.118. The van der Waals surface area contributed by atoms with Crippen molar-refractivity contribution in [2.45, 2.75) is 26.3 Å². The number of amides is 1. The van der Waals surface area contributed by atoms with Crippen molar-refractivity contribution in [2.24, 2.45) is 0 Å². The Morgan fingerprint density at radius 2 is 1.90 bits per heavy atom. The summed E-state index contributed by atoms with van der Waals surface area (Å²) >= 11 is 0. The second-order valence-electron chi connectivity index (χ2n) is 5.36. The molecule has 112 valence electrons. The minimum absolute atomic E-state index is 0.131. The maximum atomic E-state index is 11.9. The summed E-state index contributed by atoms with van der Waals surface area (Å²) in [5.74, 6) is 1.35. The molecule has 0 bridgehead atoms. The molecule has 4 nitrogen and oxygen atoms in total. The fraction of sp³-hybridized carbons (Fsp3) is 0.353. The number of hydrogen-bond donors (Lipinski definition) is 1. The fourth-order valence-electron chi connectivity index (χ4n) is 2.11. The molecular weight excluding hydrogens is 266 g/mol. The maximum absolute atomic E-state index is 11.9. The summed E-state index contributed by atoms with van der Waals surface area (Å²) < 4.78 is 11.1. The topological polar surface area (TPSA) is 47.6 Å². The van der Waals surface area contributed by atoms with E-state index < -0.39 is 5.54 Å². The Labute approximate surface area is 125 Å². The quantitative estimate of drug-likeness (QED) is 0.684. The van der Waals surface area contributed by atoms with Crippen LogP contribution in [0.4, 0.5) is 0 Å². The number of allylic oxidation sites excluding steroid dienone is 3. The van der Waals surface area contributed by atoms with Gasteiger partial charge >= 0.3 is 0 Å². The highest BCUT2D eigenvalue weighted by molar-refractivity contribution is 5.88. The van der Waals surface area contributed by atoms with Crippen LogP contribution in [0.25, 0.3) is 0 Å². The average Bonchev–Trinajstić information content (AvgIpc) is 2.46. The second-order valence-corrected chi connectivity index (χ2v) is 5.36. The van der Waals surface area contributed by atoms with Crippen molar-refractivity contribution in [1.29, 1.82) is 0 Å². The van der Waals surface area contributed by atoms with Crippen molar-refractivity contribution in [1.82, 2.24) is 5.32 Å². The molecule has 0 fully saturated rings. The molecule has 0 saturated carbocycles. The molecule has 1 aromatic carbocycles. The SMILES string of the molecule is CC=CC=CC(=O)NC(C)(C)c1ccc2c(c1)OCCO2. The lowest BCUT2D eigenvalue weighted by atomic mass is 9.93. The molecule has 0 atom stereocenters. The van der Waals surface area contributed by atoms with E-state index in [1.165, 1.54) is 6.08 Å². The molecule has 0 spiro atoms. The standard InChI is InChI=1S/C17H21NO3/c1-4-5-6-7-16(19)18-17(2,3)13-8-9-14-15(12-13)21-11-10-20-14/h4-9,12H,10-11H2,1-3H3,(H,18,19). The molecule has 0 aliphatic carbocycles. The number of hydrogen-bond acceptors (Lipinski definition) is 3. The molecule has 2 rings (SSSR count).